The van der Waals surface area contributed by atoms with Gasteiger partial charge < -0.3 is 10.5 Å². The molecule has 0 amide bonds. The van der Waals surface area contributed by atoms with Gasteiger partial charge in [-0.1, -0.05) is 42.0 Å². The van der Waals surface area contributed by atoms with Gasteiger partial charge in [0.15, 0.2) is 5.60 Å². The Morgan fingerprint density at radius 1 is 1.03 bits per heavy atom. The van der Waals surface area contributed by atoms with Crippen molar-refractivity contribution in [2.45, 2.75) is 51.7 Å². The third-order valence-corrected chi connectivity index (χ3v) is 5.99. The van der Waals surface area contributed by atoms with Crippen molar-refractivity contribution in [1.82, 2.24) is 0 Å². The van der Waals surface area contributed by atoms with E-state index in [9.17, 15) is 8.78 Å². The topological polar surface area (TPSA) is 47.6 Å². The van der Waals surface area contributed by atoms with Crippen molar-refractivity contribution in [1.29, 1.82) is 0 Å². The lowest BCUT2D eigenvalue weighted by Gasteiger charge is -2.29. The third-order valence-electron chi connectivity index (χ3n) is 5.66. The second-order valence-corrected chi connectivity index (χ2v) is 9.61. The number of ether oxygens (including phenoxy) is 1. The van der Waals surface area contributed by atoms with Gasteiger partial charge in [-0.25, -0.2) is 8.78 Å². The molecule has 0 saturated carbocycles. The summed E-state index contributed by atoms with van der Waals surface area (Å²) in [6.07, 6.45) is 0.684. The smallest absolute Gasteiger partial charge is 0.160 e. The van der Waals surface area contributed by atoms with E-state index in [1.54, 1.807) is 32.0 Å². The Hall–Kier alpha value is -2.78. The number of aliphatic imine (C=N–C) groups is 1. The van der Waals surface area contributed by atoms with Gasteiger partial charge in [0, 0.05) is 12.0 Å². The van der Waals surface area contributed by atoms with Gasteiger partial charge in [0.05, 0.1) is 6.04 Å². The van der Waals surface area contributed by atoms with E-state index < -0.39 is 5.60 Å². The minimum absolute atomic E-state index is 0.0921. The van der Waals surface area contributed by atoms with Crippen LogP contribution in [0.3, 0.4) is 0 Å². The van der Waals surface area contributed by atoms with Crippen LogP contribution in [0, 0.1) is 18.6 Å². The van der Waals surface area contributed by atoms with Crippen LogP contribution in [0.5, 0.6) is 5.75 Å². The van der Waals surface area contributed by atoms with E-state index in [0.717, 1.165) is 11.1 Å². The highest BCUT2D eigenvalue weighted by Gasteiger charge is 2.28. The number of aryl methyl sites for hydroxylation is 1. The fourth-order valence-electron chi connectivity index (χ4n) is 3.74. The first-order valence-corrected chi connectivity index (χ1v) is 11.5. The lowest BCUT2D eigenvalue weighted by molar-refractivity contribution is 0.179. The standard InChI is InChI=1S/C27H31F2N2OP/c1-17-8-10-19(11-9-17)12-25(20-6-5-7-21(28)13-20)18(2)31-26(30)27(3,4)32-23-14-22(29)15-24(33)16-23/h5-11,13-16,18,25H,12,33H2,1-4H3,(H2,30,31). The molecule has 0 radical (unpaired) electrons. The van der Waals surface area contributed by atoms with E-state index in [1.165, 1.54) is 23.8 Å². The van der Waals surface area contributed by atoms with Gasteiger partial charge in [0.1, 0.15) is 23.2 Å². The van der Waals surface area contributed by atoms with E-state index in [1.807, 2.05) is 19.9 Å². The van der Waals surface area contributed by atoms with Crippen molar-refractivity contribution in [2.75, 3.05) is 0 Å². The van der Waals surface area contributed by atoms with Crippen molar-refractivity contribution in [3.05, 3.63) is 95.1 Å². The highest BCUT2D eigenvalue weighted by Crippen LogP contribution is 2.28. The van der Waals surface area contributed by atoms with Crippen LogP contribution in [0.25, 0.3) is 0 Å². The van der Waals surface area contributed by atoms with E-state index >= 15 is 0 Å². The van der Waals surface area contributed by atoms with Gasteiger partial charge in [0.2, 0.25) is 0 Å². The fraction of sp³-hybridized carbons (Fsp3) is 0.296. The molecule has 0 fully saturated rings. The summed E-state index contributed by atoms with van der Waals surface area (Å²) in [5, 5.41) is 0.675. The maximum absolute atomic E-state index is 14.0. The number of nitrogens with two attached hydrogens (primary N) is 1. The van der Waals surface area contributed by atoms with Gasteiger partial charge in [-0.2, -0.15) is 0 Å². The van der Waals surface area contributed by atoms with Gasteiger partial charge in [-0.15, -0.1) is 9.24 Å². The van der Waals surface area contributed by atoms with Crippen LogP contribution in [0.1, 0.15) is 43.4 Å². The highest BCUT2D eigenvalue weighted by atomic mass is 31.0. The molecule has 0 aliphatic heterocycles. The van der Waals surface area contributed by atoms with Crippen LogP contribution < -0.4 is 15.8 Å². The summed E-state index contributed by atoms with van der Waals surface area (Å²) >= 11 is 0. The molecular formula is C27H31F2N2OP. The molecule has 174 valence electrons. The minimum atomic E-state index is -0.963. The van der Waals surface area contributed by atoms with Crippen molar-refractivity contribution in [3.63, 3.8) is 0 Å². The van der Waals surface area contributed by atoms with Crippen LogP contribution in [0.15, 0.2) is 71.7 Å². The van der Waals surface area contributed by atoms with E-state index in [-0.39, 0.29) is 29.4 Å². The monoisotopic (exact) mass is 468 g/mol. The van der Waals surface area contributed by atoms with Crippen LogP contribution in [0.2, 0.25) is 0 Å². The predicted molar refractivity (Wildman–Crippen MR) is 136 cm³/mol. The summed E-state index contributed by atoms with van der Waals surface area (Å²) in [6, 6.07) is 19.1. The Bertz CT molecular complexity index is 1110. The summed E-state index contributed by atoms with van der Waals surface area (Å²) in [7, 11) is 2.46. The first-order valence-electron chi connectivity index (χ1n) is 10.9. The first kappa shape index (κ1) is 24.9. The minimum Gasteiger partial charge on any atom is -0.480 e. The van der Waals surface area contributed by atoms with E-state index in [2.05, 4.69) is 33.5 Å². The predicted octanol–water partition coefficient (Wildman–Crippen LogP) is 5.70. The number of amidine groups is 1. The van der Waals surface area contributed by atoms with E-state index in [4.69, 9.17) is 15.5 Å². The summed E-state index contributed by atoms with van der Waals surface area (Å²) in [6.45, 7) is 7.60. The van der Waals surface area contributed by atoms with Crippen LogP contribution in [-0.4, -0.2) is 17.5 Å². The molecule has 0 aromatic heterocycles. The summed E-state index contributed by atoms with van der Waals surface area (Å²) in [4.78, 5) is 4.76. The molecule has 3 aromatic rings. The van der Waals surface area contributed by atoms with Crippen molar-refractivity contribution in [2.24, 2.45) is 10.7 Å². The number of halogens is 2. The fourth-order valence-corrected chi connectivity index (χ4v) is 4.06. The van der Waals surface area contributed by atoms with Crippen molar-refractivity contribution < 1.29 is 13.5 Å². The van der Waals surface area contributed by atoms with Gasteiger partial charge >= 0.3 is 0 Å². The second kappa shape index (κ2) is 10.4. The molecule has 3 atom stereocenters. The zero-order valence-electron chi connectivity index (χ0n) is 19.5. The molecule has 0 bridgehead atoms. The van der Waals surface area contributed by atoms with Crippen LogP contribution >= 0.6 is 9.24 Å². The van der Waals surface area contributed by atoms with Gasteiger partial charge in [0.25, 0.3) is 0 Å². The Morgan fingerprint density at radius 2 is 1.73 bits per heavy atom. The molecule has 3 unspecified atom stereocenters. The highest BCUT2D eigenvalue weighted by molar-refractivity contribution is 7.27. The molecule has 0 heterocycles. The quantitative estimate of drug-likeness (QED) is 0.262. The van der Waals surface area contributed by atoms with Crippen LogP contribution in [-0.2, 0) is 6.42 Å². The molecule has 6 heteroatoms. The second-order valence-electron chi connectivity index (χ2n) is 8.94. The molecule has 0 aliphatic rings. The molecule has 0 aliphatic carbocycles. The molecular weight excluding hydrogens is 437 g/mol. The average Bonchev–Trinajstić information content (AvgIpc) is 2.72. The number of nitrogens with zero attached hydrogens (tertiary/aromatic N) is 1. The zero-order valence-corrected chi connectivity index (χ0v) is 20.6. The number of benzene rings is 3. The zero-order chi connectivity index (χ0) is 24.2. The van der Waals surface area contributed by atoms with E-state index in [0.29, 0.717) is 17.5 Å². The third kappa shape index (κ3) is 6.85. The first-order chi connectivity index (χ1) is 15.5. The largest absolute Gasteiger partial charge is 0.480 e. The summed E-state index contributed by atoms with van der Waals surface area (Å²) < 4.78 is 33.8. The number of hydrogen-bond donors (Lipinski definition) is 1. The molecule has 3 aromatic carbocycles. The molecule has 3 rings (SSSR count). The van der Waals surface area contributed by atoms with Gasteiger partial charge in [-0.05, 0) is 74.8 Å². The Kier molecular flexibility index (Phi) is 7.86. The number of hydrogen-bond acceptors (Lipinski definition) is 2. The molecule has 0 saturated heterocycles. The SMILES string of the molecule is Cc1ccc(CC(c2cccc(F)c2)C(C)N=C(N)C(C)(C)Oc2cc(F)cc(P)c2)cc1. The molecule has 33 heavy (non-hydrogen) atoms. The molecule has 0 spiro atoms. The lowest BCUT2D eigenvalue weighted by Crippen LogP contribution is -2.44. The average molecular weight is 469 g/mol. The van der Waals surface area contributed by atoms with Crippen LogP contribution in [0.4, 0.5) is 8.78 Å². The lowest BCUT2D eigenvalue weighted by atomic mass is 9.86. The molecule has 3 nitrogen and oxygen atoms in total. The maximum atomic E-state index is 14.0. The maximum Gasteiger partial charge on any atom is 0.160 e. The number of rotatable bonds is 8. The van der Waals surface area contributed by atoms with Crippen molar-refractivity contribution >= 4 is 20.4 Å². The van der Waals surface area contributed by atoms with Crippen molar-refractivity contribution in [3.8, 4) is 5.75 Å². The normalized spacial score (nSPS) is 14.1. The Labute approximate surface area is 197 Å². The molecule has 2 N–H and O–H groups in total. The summed E-state index contributed by atoms with van der Waals surface area (Å²) in [5.74, 6) is -0.104. The Morgan fingerprint density at radius 3 is 2.36 bits per heavy atom. The Balaban J connectivity index is 1.88. The van der Waals surface area contributed by atoms with Gasteiger partial charge in [-0.3, -0.25) is 4.99 Å². The summed E-state index contributed by atoms with van der Waals surface area (Å²) in [5.41, 5.74) is 8.60.